The van der Waals surface area contributed by atoms with E-state index in [0.717, 1.165) is 0 Å². The van der Waals surface area contributed by atoms with Crippen molar-refractivity contribution >= 4 is 13.1 Å². The summed E-state index contributed by atoms with van der Waals surface area (Å²) in [5.74, 6) is -1.16. The summed E-state index contributed by atoms with van der Waals surface area (Å²) in [7, 11) is 0.470. The van der Waals surface area contributed by atoms with Gasteiger partial charge in [-0.05, 0) is 39.3 Å². The Hall–Kier alpha value is -1.67. The molecule has 0 spiro atoms. The van der Waals surface area contributed by atoms with E-state index in [0.29, 0.717) is 5.56 Å². The van der Waals surface area contributed by atoms with E-state index in [9.17, 15) is 13.6 Å². The largest absolute Gasteiger partial charge is 0.469 e. The highest BCUT2D eigenvalue weighted by Crippen LogP contribution is 2.43. The zero-order chi connectivity index (χ0) is 18.8. The molecule has 25 heavy (non-hydrogen) atoms. The van der Waals surface area contributed by atoms with Gasteiger partial charge in [0.1, 0.15) is 5.75 Å². The summed E-state index contributed by atoms with van der Waals surface area (Å²) < 4.78 is 46.9. The molecule has 0 aromatic heterocycles. The first kappa shape index (κ1) is 19.7. The van der Waals surface area contributed by atoms with Crippen molar-refractivity contribution in [2.24, 2.45) is 0 Å². The molecule has 1 unspecified atom stereocenters. The first-order valence-corrected chi connectivity index (χ1v) is 8.03. The van der Waals surface area contributed by atoms with E-state index in [1.807, 2.05) is 27.7 Å². The molecule has 8 heteroatoms. The lowest BCUT2D eigenvalue weighted by Gasteiger charge is -2.32. The molecule has 5 nitrogen and oxygen atoms in total. The average molecular weight is 356 g/mol. The maximum atomic E-state index is 12.7. The van der Waals surface area contributed by atoms with E-state index in [-0.39, 0.29) is 12.2 Å². The van der Waals surface area contributed by atoms with E-state index >= 15 is 0 Å². The van der Waals surface area contributed by atoms with Crippen LogP contribution in [0.4, 0.5) is 8.78 Å². The van der Waals surface area contributed by atoms with Gasteiger partial charge >= 0.3 is 19.7 Å². The van der Waals surface area contributed by atoms with Crippen molar-refractivity contribution in [3.63, 3.8) is 0 Å². The van der Waals surface area contributed by atoms with Gasteiger partial charge in [0.2, 0.25) is 0 Å². The van der Waals surface area contributed by atoms with Crippen LogP contribution in [0.15, 0.2) is 24.3 Å². The van der Waals surface area contributed by atoms with E-state index < -0.39 is 36.7 Å². The van der Waals surface area contributed by atoms with Crippen LogP contribution >= 0.6 is 0 Å². The van der Waals surface area contributed by atoms with Gasteiger partial charge in [-0.15, -0.1) is 0 Å². The van der Waals surface area contributed by atoms with Crippen LogP contribution in [0.2, 0.25) is 0 Å². The van der Waals surface area contributed by atoms with Crippen LogP contribution in [0.5, 0.6) is 5.75 Å². The number of halogens is 2. The van der Waals surface area contributed by atoms with Gasteiger partial charge < -0.3 is 18.8 Å². The number of ether oxygens (including phenoxy) is 2. The number of para-hydroxylation sites is 1. The molecule has 0 aliphatic carbocycles. The van der Waals surface area contributed by atoms with Gasteiger partial charge in [-0.2, -0.15) is 8.78 Å². The third-order valence-corrected chi connectivity index (χ3v) is 4.75. The summed E-state index contributed by atoms with van der Waals surface area (Å²) in [5.41, 5.74) is -0.832. The highest BCUT2D eigenvalue weighted by atomic mass is 19.3. The SMILES string of the molecule is COC(=O)CC(B1OC(C)(C)C(C)(C)O1)c1ccccc1OC(F)F. The first-order valence-electron chi connectivity index (χ1n) is 8.03. The second-order valence-corrected chi connectivity index (χ2v) is 6.93. The standard InChI is InChI=1S/C17H23BF2O5/c1-16(2)17(3,4)25-18(24-16)12(10-14(21)22-5)11-8-6-7-9-13(11)23-15(19)20/h6-9,12,15H,10H2,1-5H3. The maximum Gasteiger partial charge on any atom is 0.466 e. The third kappa shape index (κ3) is 4.30. The molecular weight excluding hydrogens is 333 g/mol. The molecule has 2 rings (SSSR count). The normalized spacial score (nSPS) is 19.8. The van der Waals surface area contributed by atoms with Crippen molar-refractivity contribution in [1.29, 1.82) is 0 Å². The van der Waals surface area contributed by atoms with Gasteiger partial charge in [0.05, 0.1) is 24.7 Å². The van der Waals surface area contributed by atoms with Gasteiger partial charge in [-0.3, -0.25) is 4.79 Å². The minimum Gasteiger partial charge on any atom is -0.469 e. The third-order valence-electron chi connectivity index (χ3n) is 4.75. The monoisotopic (exact) mass is 356 g/mol. The number of rotatable bonds is 6. The molecule has 1 atom stereocenters. The minimum atomic E-state index is -2.97. The molecule has 0 amide bonds. The van der Waals surface area contributed by atoms with Crippen molar-refractivity contribution in [3.8, 4) is 5.75 Å². The second kappa shape index (κ2) is 7.29. The Morgan fingerprint density at radius 3 is 2.24 bits per heavy atom. The predicted molar refractivity (Wildman–Crippen MR) is 88.5 cm³/mol. The Balaban J connectivity index is 2.40. The summed E-state index contributed by atoms with van der Waals surface area (Å²) in [6.07, 6.45) is -0.0864. The molecule has 1 fully saturated rings. The van der Waals surface area contributed by atoms with Crippen LogP contribution in [0.25, 0.3) is 0 Å². The van der Waals surface area contributed by atoms with Crippen molar-refractivity contribution in [1.82, 2.24) is 0 Å². The number of methoxy groups -OCH3 is 1. The zero-order valence-electron chi connectivity index (χ0n) is 15.0. The van der Waals surface area contributed by atoms with Gasteiger partial charge in [-0.25, -0.2) is 0 Å². The summed E-state index contributed by atoms with van der Waals surface area (Å²) in [6, 6.07) is 6.32. The fourth-order valence-electron chi connectivity index (χ4n) is 2.66. The lowest BCUT2D eigenvalue weighted by Crippen LogP contribution is -2.41. The van der Waals surface area contributed by atoms with Crippen LogP contribution in [0, 0.1) is 0 Å². The molecule has 138 valence electrons. The zero-order valence-corrected chi connectivity index (χ0v) is 15.0. The molecule has 0 bridgehead atoms. The smallest absolute Gasteiger partial charge is 0.466 e. The van der Waals surface area contributed by atoms with E-state index in [2.05, 4.69) is 4.74 Å². The summed E-state index contributed by atoms with van der Waals surface area (Å²) >= 11 is 0. The molecule has 0 saturated carbocycles. The van der Waals surface area contributed by atoms with Crippen molar-refractivity contribution in [3.05, 3.63) is 29.8 Å². The Kier molecular flexibility index (Phi) is 5.73. The fraction of sp³-hybridized carbons (Fsp3) is 0.588. The molecule has 0 radical (unpaired) electrons. The van der Waals surface area contributed by atoms with Crippen LogP contribution in [-0.4, -0.2) is 38.0 Å². The lowest BCUT2D eigenvalue weighted by atomic mass is 9.66. The second-order valence-electron chi connectivity index (χ2n) is 6.93. The molecule has 1 aliphatic rings. The summed E-state index contributed by atoms with van der Waals surface area (Å²) in [5, 5.41) is 0. The highest BCUT2D eigenvalue weighted by molar-refractivity contribution is 6.48. The maximum absolute atomic E-state index is 12.7. The number of hydrogen-bond donors (Lipinski definition) is 0. The Bertz CT molecular complexity index is 605. The Morgan fingerprint density at radius 1 is 1.16 bits per heavy atom. The molecule has 0 N–H and O–H groups in total. The van der Waals surface area contributed by atoms with Crippen LogP contribution < -0.4 is 4.74 Å². The number of carbonyl (C=O) groups is 1. The fourth-order valence-corrected chi connectivity index (χ4v) is 2.66. The predicted octanol–water partition coefficient (Wildman–Crippen LogP) is 3.57. The summed E-state index contributed by atoms with van der Waals surface area (Å²) in [6.45, 7) is 4.54. The average Bonchev–Trinajstić information content (AvgIpc) is 2.73. The van der Waals surface area contributed by atoms with Crippen LogP contribution in [-0.2, 0) is 18.8 Å². The number of esters is 1. The van der Waals surface area contributed by atoms with Gasteiger partial charge in [0, 0.05) is 5.82 Å². The lowest BCUT2D eigenvalue weighted by molar-refractivity contribution is -0.140. The Morgan fingerprint density at radius 2 is 1.72 bits per heavy atom. The van der Waals surface area contributed by atoms with Crippen molar-refractivity contribution < 1.29 is 32.4 Å². The molecular formula is C17H23BF2O5. The molecule has 1 aromatic rings. The summed E-state index contributed by atoms with van der Waals surface area (Å²) in [4.78, 5) is 11.9. The van der Waals surface area contributed by atoms with Gasteiger partial charge in [0.25, 0.3) is 0 Å². The van der Waals surface area contributed by atoms with Gasteiger partial charge in [-0.1, -0.05) is 18.2 Å². The number of hydrogen-bond acceptors (Lipinski definition) is 5. The van der Waals surface area contributed by atoms with Gasteiger partial charge in [0.15, 0.2) is 0 Å². The first-order chi connectivity index (χ1) is 11.6. The number of alkyl halides is 2. The van der Waals surface area contributed by atoms with Crippen molar-refractivity contribution in [2.75, 3.05) is 7.11 Å². The van der Waals surface area contributed by atoms with Crippen molar-refractivity contribution in [2.45, 2.75) is 57.7 Å². The number of benzene rings is 1. The van der Waals surface area contributed by atoms with Crippen LogP contribution in [0.1, 0.15) is 45.5 Å². The molecule has 1 heterocycles. The van der Waals surface area contributed by atoms with Crippen LogP contribution in [0.3, 0.4) is 0 Å². The number of carbonyl (C=O) groups excluding carboxylic acids is 1. The molecule has 1 saturated heterocycles. The van der Waals surface area contributed by atoms with E-state index in [4.69, 9.17) is 14.0 Å². The Labute approximate surface area is 146 Å². The van der Waals surface area contributed by atoms with E-state index in [1.54, 1.807) is 18.2 Å². The van der Waals surface area contributed by atoms with E-state index in [1.165, 1.54) is 13.2 Å². The molecule has 1 aromatic carbocycles. The molecule has 1 aliphatic heterocycles. The topological polar surface area (TPSA) is 54.0 Å². The quantitative estimate of drug-likeness (QED) is 0.576. The highest BCUT2D eigenvalue weighted by Gasteiger charge is 2.54. The minimum absolute atomic E-state index is 0.0129.